The summed E-state index contributed by atoms with van der Waals surface area (Å²) in [5.41, 5.74) is 2.56. The number of anilines is 2. The van der Waals surface area contributed by atoms with Crippen LogP contribution in [-0.2, 0) is 39.1 Å². The van der Waals surface area contributed by atoms with Gasteiger partial charge in [0.2, 0.25) is 20.0 Å². The number of ether oxygens (including phenoxy) is 2. The molecule has 46 heavy (non-hydrogen) atoms. The van der Waals surface area contributed by atoms with E-state index < -0.39 is 31.9 Å². The summed E-state index contributed by atoms with van der Waals surface area (Å²) in [7, 11) is -7.57. The van der Waals surface area contributed by atoms with Gasteiger partial charge in [-0.3, -0.25) is 9.59 Å². The van der Waals surface area contributed by atoms with Gasteiger partial charge in [0.25, 0.3) is 11.8 Å². The summed E-state index contributed by atoms with van der Waals surface area (Å²) in [6.45, 7) is 2.24. The van der Waals surface area contributed by atoms with E-state index in [1.54, 1.807) is 36.4 Å². The molecule has 0 spiro atoms. The average Bonchev–Trinajstić information content (AvgIpc) is 3.56. The van der Waals surface area contributed by atoms with Gasteiger partial charge in [0, 0.05) is 37.3 Å². The van der Waals surface area contributed by atoms with E-state index in [2.05, 4.69) is 20.6 Å². The Hall–Kier alpha value is -4.32. The number of carbonyl (C=O) groups is 2. The molecule has 0 aliphatic carbocycles. The topological polar surface area (TPSA) is 176 Å². The lowest BCUT2D eigenvalue weighted by Crippen LogP contribution is -2.40. The van der Waals surface area contributed by atoms with Crippen molar-refractivity contribution in [2.75, 3.05) is 63.2 Å². The Morgan fingerprint density at radius 3 is 1.30 bits per heavy atom. The third-order valence-electron chi connectivity index (χ3n) is 7.97. The minimum absolute atomic E-state index is 0.0551. The molecule has 3 aromatic rings. The number of rotatable bonds is 6. The van der Waals surface area contributed by atoms with E-state index in [9.17, 15) is 26.4 Å². The van der Waals surface area contributed by atoms with Crippen LogP contribution in [0.1, 0.15) is 11.1 Å². The van der Waals surface area contributed by atoms with Gasteiger partial charge < -0.3 is 20.1 Å². The van der Waals surface area contributed by atoms with Crippen LogP contribution >= 0.6 is 0 Å². The molecule has 0 radical (unpaired) electrons. The summed E-state index contributed by atoms with van der Waals surface area (Å²) in [4.78, 5) is 34.7. The van der Waals surface area contributed by atoms with Gasteiger partial charge in [-0.2, -0.15) is 8.61 Å². The van der Waals surface area contributed by atoms with Crippen LogP contribution in [0.2, 0.25) is 0 Å². The van der Waals surface area contributed by atoms with Gasteiger partial charge in [-0.25, -0.2) is 26.8 Å². The molecule has 2 N–H and O–H groups in total. The number of nitrogens with zero attached hydrogens (tertiary/aromatic N) is 4. The van der Waals surface area contributed by atoms with Crippen molar-refractivity contribution in [3.05, 3.63) is 71.8 Å². The number of benzene rings is 3. The number of morpholine rings is 2. The van der Waals surface area contributed by atoms with Crippen molar-refractivity contribution in [3.8, 4) is 0 Å². The highest BCUT2D eigenvalue weighted by Crippen LogP contribution is 2.32. The number of amides is 2. The van der Waals surface area contributed by atoms with Crippen LogP contribution in [-0.4, -0.2) is 101 Å². The zero-order chi connectivity index (χ0) is 32.1. The van der Waals surface area contributed by atoms with E-state index >= 15 is 0 Å². The van der Waals surface area contributed by atoms with Crippen molar-refractivity contribution < 1.29 is 35.9 Å². The highest BCUT2D eigenvalue weighted by atomic mass is 32.2. The van der Waals surface area contributed by atoms with Crippen LogP contribution < -0.4 is 10.6 Å². The lowest BCUT2D eigenvalue weighted by molar-refractivity contribution is -0.110. The summed E-state index contributed by atoms with van der Waals surface area (Å²) in [5, 5.41) is 5.44. The number of hydrogen-bond donors (Lipinski definition) is 2. The molecule has 4 heterocycles. The van der Waals surface area contributed by atoms with Gasteiger partial charge in [-0.15, -0.1) is 0 Å². The molecule has 3 aromatic carbocycles. The third-order valence-corrected chi connectivity index (χ3v) is 11.8. The van der Waals surface area contributed by atoms with Crippen LogP contribution in [0.4, 0.5) is 22.7 Å². The predicted octanol–water partition coefficient (Wildman–Crippen LogP) is 1.87. The van der Waals surface area contributed by atoms with Crippen molar-refractivity contribution in [2.24, 2.45) is 9.98 Å². The Balaban J connectivity index is 1.15. The molecule has 4 aliphatic rings. The van der Waals surface area contributed by atoms with Gasteiger partial charge in [0.15, 0.2) is 0 Å². The van der Waals surface area contributed by atoms with E-state index in [1.807, 2.05) is 0 Å². The third kappa shape index (κ3) is 5.52. The Kier molecular flexibility index (Phi) is 7.78. The van der Waals surface area contributed by atoms with Crippen LogP contribution in [0.25, 0.3) is 0 Å². The first-order chi connectivity index (χ1) is 22.1. The highest BCUT2D eigenvalue weighted by Gasteiger charge is 2.33. The Morgan fingerprint density at radius 2 is 0.935 bits per heavy atom. The first-order valence-corrected chi connectivity index (χ1v) is 17.3. The van der Waals surface area contributed by atoms with Crippen LogP contribution in [0.3, 0.4) is 0 Å². The van der Waals surface area contributed by atoms with E-state index in [4.69, 9.17) is 9.47 Å². The van der Waals surface area contributed by atoms with Crippen molar-refractivity contribution in [3.63, 3.8) is 0 Å². The maximum absolute atomic E-state index is 13.2. The second kappa shape index (κ2) is 11.8. The maximum atomic E-state index is 13.2. The van der Waals surface area contributed by atoms with E-state index in [0.29, 0.717) is 60.3 Å². The van der Waals surface area contributed by atoms with Crippen LogP contribution in [0.15, 0.2) is 80.4 Å². The summed E-state index contributed by atoms with van der Waals surface area (Å²) < 4.78 is 66.1. The van der Waals surface area contributed by atoms with Gasteiger partial charge in [-0.05, 0) is 60.7 Å². The molecule has 0 aromatic heterocycles. The van der Waals surface area contributed by atoms with Crippen molar-refractivity contribution in [1.82, 2.24) is 8.61 Å². The number of fused-ring (bicyclic) bond motifs is 2. The van der Waals surface area contributed by atoms with Crippen LogP contribution in [0.5, 0.6) is 0 Å². The smallest absolute Gasteiger partial charge is 0.275 e. The first kappa shape index (κ1) is 30.3. The molecule has 2 fully saturated rings. The molecular formula is C30H28N6O8S2. The number of hydrogen-bond acceptors (Lipinski definition) is 10. The fourth-order valence-corrected chi connectivity index (χ4v) is 8.41. The number of carbonyl (C=O) groups excluding carboxylic acids is 2. The molecular weight excluding hydrogens is 636 g/mol. The standard InChI is InChI=1S/C30H28N6O8S2/c37-29-27(23-17-21(5-7-25(23)33-29)45(39,40)35-9-13-43-14-10-35)31-19-1-2-20(4-3-19)32-28-24-18-22(6-8-26(24)34-30(28)38)46(41,42)36-11-15-44-16-12-36/h1-8,17-18H,9-16H2,(H,31,33,37)(H,32,34,38). The van der Waals surface area contributed by atoms with Gasteiger partial charge in [-0.1, -0.05) is 0 Å². The molecule has 2 amide bonds. The summed E-state index contributed by atoms with van der Waals surface area (Å²) in [6, 6.07) is 15.3. The monoisotopic (exact) mass is 664 g/mol. The fraction of sp³-hybridized carbons (Fsp3) is 0.267. The van der Waals surface area contributed by atoms with E-state index in [-0.39, 0.29) is 47.4 Å². The Morgan fingerprint density at radius 1 is 0.565 bits per heavy atom. The lowest BCUT2D eigenvalue weighted by atomic mass is 10.1. The molecule has 16 heteroatoms. The SMILES string of the molecule is O=C1Nc2ccc(S(=O)(=O)N3CCOCC3)cc2C1=Nc1ccc(N=C2C(=O)Nc3ccc(S(=O)(=O)N4CCOCC4)cc32)cc1. The molecule has 7 rings (SSSR count). The summed E-state index contributed by atoms with van der Waals surface area (Å²) in [6.07, 6.45) is 0. The maximum Gasteiger partial charge on any atom is 0.275 e. The van der Waals surface area contributed by atoms with Crippen molar-refractivity contribution in [1.29, 1.82) is 0 Å². The molecule has 2 saturated heterocycles. The molecule has 14 nitrogen and oxygen atoms in total. The predicted molar refractivity (Wildman–Crippen MR) is 168 cm³/mol. The van der Waals surface area contributed by atoms with Gasteiger partial charge in [0.1, 0.15) is 11.4 Å². The van der Waals surface area contributed by atoms with Crippen molar-refractivity contribution >= 4 is 66.0 Å². The highest BCUT2D eigenvalue weighted by molar-refractivity contribution is 7.89. The van der Waals surface area contributed by atoms with Crippen LogP contribution in [0, 0.1) is 0 Å². The fourth-order valence-electron chi connectivity index (χ4n) is 5.54. The lowest BCUT2D eigenvalue weighted by Gasteiger charge is -2.26. The Bertz CT molecular complexity index is 1890. The first-order valence-electron chi connectivity index (χ1n) is 14.5. The summed E-state index contributed by atoms with van der Waals surface area (Å²) >= 11 is 0. The summed E-state index contributed by atoms with van der Waals surface area (Å²) in [5.74, 6) is -0.940. The zero-order valence-electron chi connectivity index (χ0n) is 24.3. The largest absolute Gasteiger partial charge is 0.379 e. The number of nitrogens with one attached hydrogen (secondary N) is 2. The van der Waals surface area contributed by atoms with E-state index in [0.717, 1.165) is 0 Å². The minimum atomic E-state index is -3.79. The molecule has 0 bridgehead atoms. The second-order valence-corrected chi connectivity index (χ2v) is 14.7. The number of sulfonamides is 2. The van der Waals surface area contributed by atoms with Crippen molar-refractivity contribution in [2.45, 2.75) is 9.79 Å². The Labute approximate surface area is 264 Å². The van der Waals surface area contributed by atoms with Gasteiger partial charge in [0.05, 0.1) is 59.0 Å². The molecule has 4 aliphatic heterocycles. The molecule has 0 atom stereocenters. The molecule has 0 unspecified atom stereocenters. The minimum Gasteiger partial charge on any atom is -0.379 e. The molecule has 0 saturated carbocycles. The molecule has 238 valence electrons. The quantitative estimate of drug-likeness (QED) is 0.401. The normalized spacial score (nSPS) is 20.9. The van der Waals surface area contributed by atoms with E-state index in [1.165, 1.54) is 32.9 Å². The zero-order valence-corrected chi connectivity index (χ0v) is 25.9. The van der Waals surface area contributed by atoms with Gasteiger partial charge >= 0.3 is 0 Å². The second-order valence-electron chi connectivity index (χ2n) is 10.8. The number of aliphatic imine (C=N–C) groups is 2. The average molecular weight is 665 g/mol.